The second-order valence-electron chi connectivity index (χ2n) is 6.27. The maximum atomic E-state index is 12.6. The van der Waals surface area contributed by atoms with E-state index in [0.717, 1.165) is 21.6 Å². The van der Waals surface area contributed by atoms with E-state index in [4.69, 9.17) is 16.0 Å². The summed E-state index contributed by atoms with van der Waals surface area (Å²) in [6.07, 6.45) is 1.52. The van der Waals surface area contributed by atoms with Gasteiger partial charge in [0.15, 0.2) is 10.9 Å². The first-order valence-corrected chi connectivity index (χ1v) is 10.9. The molecule has 1 aliphatic rings. The SMILES string of the molecule is O=C(CN1C(=O)S/C(=C\c2ccc(Sc3ccc(Cl)cc3)o2)C1=O)c1ccccc1. The van der Waals surface area contributed by atoms with Crippen molar-refractivity contribution in [2.24, 2.45) is 0 Å². The van der Waals surface area contributed by atoms with Gasteiger partial charge in [-0.3, -0.25) is 19.3 Å². The van der Waals surface area contributed by atoms with Crippen molar-refractivity contribution < 1.29 is 18.8 Å². The average molecular weight is 456 g/mol. The summed E-state index contributed by atoms with van der Waals surface area (Å²) in [6.45, 7) is -0.290. The first kappa shape index (κ1) is 20.5. The van der Waals surface area contributed by atoms with Gasteiger partial charge in [-0.05, 0) is 48.2 Å². The molecule has 1 fully saturated rings. The lowest BCUT2D eigenvalue weighted by molar-refractivity contribution is -0.122. The summed E-state index contributed by atoms with van der Waals surface area (Å²) in [5.74, 6) is -0.345. The van der Waals surface area contributed by atoms with Gasteiger partial charge in [-0.15, -0.1) is 0 Å². The molecule has 8 heteroatoms. The molecule has 1 aromatic heterocycles. The molecule has 4 rings (SSSR count). The van der Waals surface area contributed by atoms with Crippen LogP contribution in [0, 0.1) is 0 Å². The molecular formula is C22H14ClNO4S2. The minimum Gasteiger partial charge on any atom is -0.450 e. The summed E-state index contributed by atoms with van der Waals surface area (Å²) in [4.78, 5) is 39.4. The number of carbonyl (C=O) groups is 3. The zero-order valence-corrected chi connectivity index (χ0v) is 17.8. The highest BCUT2D eigenvalue weighted by atomic mass is 35.5. The average Bonchev–Trinajstić information content (AvgIpc) is 3.29. The molecule has 2 heterocycles. The molecule has 1 aliphatic heterocycles. The number of rotatable bonds is 6. The Balaban J connectivity index is 1.45. The topological polar surface area (TPSA) is 67.6 Å². The summed E-state index contributed by atoms with van der Waals surface area (Å²) >= 11 is 8.10. The van der Waals surface area contributed by atoms with Gasteiger partial charge < -0.3 is 4.42 Å². The number of Topliss-reactive ketones (excluding diaryl/α,β-unsaturated/α-hetero) is 1. The lowest BCUT2D eigenvalue weighted by Crippen LogP contribution is -2.33. The van der Waals surface area contributed by atoms with Gasteiger partial charge in [-0.25, -0.2) is 0 Å². The van der Waals surface area contributed by atoms with Crippen molar-refractivity contribution in [2.75, 3.05) is 6.54 Å². The fourth-order valence-electron chi connectivity index (χ4n) is 2.71. The number of carbonyl (C=O) groups excluding carboxylic acids is 3. The van der Waals surface area contributed by atoms with E-state index >= 15 is 0 Å². The Morgan fingerprint density at radius 3 is 2.50 bits per heavy atom. The minimum absolute atomic E-state index is 0.221. The van der Waals surface area contributed by atoms with E-state index in [2.05, 4.69) is 0 Å². The van der Waals surface area contributed by atoms with Crippen molar-refractivity contribution in [2.45, 2.75) is 9.99 Å². The van der Waals surface area contributed by atoms with Gasteiger partial charge in [0.2, 0.25) is 0 Å². The van der Waals surface area contributed by atoms with Crippen LogP contribution < -0.4 is 0 Å². The number of halogens is 1. The van der Waals surface area contributed by atoms with E-state index < -0.39 is 11.1 Å². The fourth-order valence-corrected chi connectivity index (χ4v) is 4.43. The van der Waals surface area contributed by atoms with E-state index in [1.54, 1.807) is 54.6 Å². The van der Waals surface area contributed by atoms with Crippen LogP contribution in [-0.2, 0) is 4.79 Å². The molecule has 0 unspecified atom stereocenters. The Bertz CT molecular complexity index is 1140. The Kier molecular flexibility index (Phi) is 6.13. The van der Waals surface area contributed by atoms with E-state index in [1.165, 1.54) is 17.8 Å². The summed E-state index contributed by atoms with van der Waals surface area (Å²) < 4.78 is 5.74. The molecule has 0 aliphatic carbocycles. The predicted octanol–water partition coefficient (Wildman–Crippen LogP) is 6.00. The lowest BCUT2D eigenvalue weighted by Gasteiger charge is -2.11. The maximum absolute atomic E-state index is 12.6. The number of ketones is 1. The Hall–Kier alpha value is -2.74. The molecule has 0 N–H and O–H groups in total. The molecule has 30 heavy (non-hydrogen) atoms. The Morgan fingerprint density at radius 2 is 1.77 bits per heavy atom. The van der Waals surface area contributed by atoms with Crippen LogP contribution in [0.1, 0.15) is 16.1 Å². The summed E-state index contributed by atoms with van der Waals surface area (Å²) in [7, 11) is 0. The van der Waals surface area contributed by atoms with Crippen LogP contribution in [0.5, 0.6) is 0 Å². The molecule has 2 aromatic carbocycles. The molecule has 5 nitrogen and oxygen atoms in total. The number of hydrogen-bond donors (Lipinski definition) is 0. The van der Waals surface area contributed by atoms with Gasteiger partial charge >= 0.3 is 0 Å². The monoisotopic (exact) mass is 455 g/mol. The number of nitrogens with zero attached hydrogens (tertiary/aromatic N) is 1. The largest absolute Gasteiger partial charge is 0.450 e. The summed E-state index contributed by atoms with van der Waals surface area (Å²) in [5, 5.41) is 0.820. The number of benzene rings is 2. The van der Waals surface area contributed by atoms with Crippen LogP contribution in [0.3, 0.4) is 0 Å². The molecule has 0 saturated carbocycles. The second-order valence-corrected chi connectivity index (χ2v) is 8.78. The number of amides is 2. The van der Waals surface area contributed by atoms with E-state index in [-0.39, 0.29) is 17.2 Å². The number of furan rings is 1. The molecule has 0 bridgehead atoms. The molecule has 0 radical (unpaired) electrons. The van der Waals surface area contributed by atoms with Crippen LogP contribution in [0.25, 0.3) is 6.08 Å². The van der Waals surface area contributed by atoms with Crippen LogP contribution >= 0.6 is 35.1 Å². The van der Waals surface area contributed by atoms with Crippen LogP contribution in [0.15, 0.2) is 86.0 Å². The third kappa shape index (κ3) is 4.70. The quantitative estimate of drug-likeness (QED) is 0.335. The van der Waals surface area contributed by atoms with Crippen molar-refractivity contribution in [1.82, 2.24) is 4.90 Å². The standard InChI is InChI=1S/C22H14ClNO4S2/c23-15-6-9-17(10-7-15)29-20-11-8-16(28-20)12-19-21(26)24(22(27)30-19)13-18(25)14-4-2-1-3-5-14/h1-12H,13H2/b19-12-. The predicted molar refractivity (Wildman–Crippen MR) is 118 cm³/mol. The van der Waals surface area contributed by atoms with Crippen molar-refractivity contribution >= 4 is 58.1 Å². The minimum atomic E-state index is -0.502. The zero-order chi connectivity index (χ0) is 21.1. The second kappa shape index (κ2) is 8.95. The molecule has 0 spiro atoms. The van der Waals surface area contributed by atoms with Gasteiger partial charge in [0.25, 0.3) is 11.1 Å². The van der Waals surface area contributed by atoms with Crippen LogP contribution in [0.2, 0.25) is 5.02 Å². The Labute approximate surface area is 186 Å². The molecular weight excluding hydrogens is 442 g/mol. The lowest BCUT2D eigenvalue weighted by atomic mass is 10.1. The molecule has 0 atom stereocenters. The normalized spacial score (nSPS) is 15.2. The number of imide groups is 1. The number of thioether (sulfide) groups is 1. The zero-order valence-electron chi connectivity index (χ0n) is 15.4. The smallest absolute Gasteiger partial charge is 0.293 e. The van der Waals surface area contributed by atoms with Crippen LogP contribution in [-0.4, -0.2) is 28.4 Å². The van der Waals surface area contributed by atoms with E-state index in [9.17, 15) is 14.4 Å². The van der Waals surface area contributed by atoms with Gasteiger partial charge in [-0.2, -0.15) is 0 Å². The van der Waals surface area contributed by atoms with Gasteiger partial charge in [0.05, 0.1) is 11.4 Å². The van der Waals surface area contributed by atoms with Crippen molar-refractivity contribution in [3.8, 4) is 0 Å². The molecule has 150 valence electrons. The third-order valence-electron chi connectivity index (χ3n) is 4.18. The van der Waals surface area contributed by atoms with E-state index in [1.807, 2.05) is 12.1 Å². The molecule has 2 amide bonds. The highest BCUT2D eigenvalue weighted by Crippen LogP contribution is 2.34. The van der Waals surface area contributed by atoms with Crippen molar-refractivity contribution in [3.05, 3.63) is 88.0 Å². The first-order chi connectivity index (χ1) is 14.5. The van der Waals surface area contributed by atoms with Crippen LogP contribution in [0.4, 0.5) is 4.79 Å². The number of hydrogen-bond acceptors (Lipinski definition) is 6. The Morgan fingerprint density at radius 1 is 1.03 bits per heavy atom. The van der Waals surface area contributed by atoms with Crippen molar-refractivity contribution in [3.63, 3.8) is 0 Å². The highest BCUT2D eigenvalue weighted by molar-refractivity contribution is 8.18. The molecule has 3 aromatic rings. The highest BCUT2D eigenvalue weighted by Gasteiger charge is 2.36. The first-order valence-electron chi connectivity index (χ1n) is 8.86. The van der Waals surface area contributed by atoms with Gasteiger partial charge in [0, 0.05) is 21.6 Å². The van der Waals surface area contributed by atoms with Crippen molar-refractivity contribution in [1.29, 1.82) is 0 Å². The summed E-state index contributed by atoms with van der Waals surface area (Å²) in [5.41, 5.74) is 0.454. The van der Waals surface area contributed by atoms with Gasteiger partial charge in [0.1, 0.15) is 5.76 Å². The maximum Gasteiger partial charge on any atom is 0.293 e. The third-order valence-corrected chi connectivity index (χ3v) is 6.27. The fraction of sp³-hybridized carbons (Fsp3) is 0.0455. The van der Waals surface area contributed by atoms with E-state index in [0.29, 0.717) is 21.4 Å². The molecule has 1 saturated heterocycles. The van der Waals surface area contributed by atoms with Gasteiger partial charge in [-0.1, -0.05) is 53.7 Å². The summed E-state index contributed by atoms with van der Waals surface area (Å²) in [6, 6.07) is 19.4.